The van der Waals surface area contributed by atoms with Gasteiger partial charge in [-0.1, -0.05) is 54.1 Å². The molecule has 0 aliphatic heterocycles. The van der Waals surface area contributed by atoms with Gasteiger partial charge >= 0.3 is 0 Å². The standard InChI is InChI=1S/C23H17ClFN3O/c24-18-8-12-20(13-9-18)28-22(14-21(27-28)17-4-2-1-3-5-17)23(29)26-15-16-6-10-19(25)11-7-16/h1-14H,15H2,(H,26,29). The summed E-state index contributed by atoms with van der Waals surface area (Å²) in [5.74, 6) is -0.590. The van der Waals surface area contributed by atoms with Crippen LogP contribution in [0.25, 0.3) is 16.9 Å². The topological polar surface area (TPSA) is 46.9 Å². The first-order valence-electron chi connectivity index (χ1n) is 9.04. The summed E-state index contributed by atoms with van der Waals surface area (Å²) in [4.78, 5) is 12.9. The number of nitrogens with one attached hydrogen (secondary N) is 1. The maximum absolute atomic E-state index is 13.1. The molecular weight excluding hydrogens is 389 g/mol. The molecule has 1 heterocycles. The van der Waals surface area contributed by atoms with Crippen LogP contribution in [0.1, 0.15) is 16.1 Å². The molecule has 1 N–H and O–H groups in total. The summed E-state index contributed by atoms with van der Waals surface area (Å²) >= 11 is 6.00. The number of amides is 1. The fourth-order valence-electron chi connectivity index (χ4n) is 2.95. The van der Waals surface area contributed by atoms with Crippen LogP contribution in [-0.2, 0) is 6.54 Å². The normalized spacial score (nSPS) is 10.7. The molecule has 0 saturated heterocycles. The summed E-state index contributed by atoms with van der Waals surface area (Å²) in [5.41, 5.74) is 3.53. The smallest absolute Gasteiger partial charge is 0.270 e. The molecule has 4 aromatic rings. The number of aromatic nitrogens is 2. The predicted octanol–water partition coefficient (Wildman–Crippen LogP) is 5.26. The Morgan fingerprint density at radius 1 is 0.966 bits per heavy atom. The number of benzene rings is 3. The maximum atomic E-state index is 13.1. The highest BCUT2D eigenvalue weighted by Crippen LogP contribution is 2.22. The van der Waals surface area contributed by atoms with E-state index in [9.17, 15) is 9.18 Å². The van der Waals surface area contributed by atoms with Crippen molar-refractivity contribution < 1.29 is 9.18 Å². The second-order valence-corrected chi connectivity index (χ2v) is 6.91. The Hall–Kier alpha value is -3.44. The highest BCUT2D eigenvalue weighted by atomic mass is 35.5. The Morgan fingerprint density at radius 3 is 2.34 bits per heavy atom. The van der Waals surface area contributed by atoms with Crippen molar-refractivity contribution in [2.75, 3.05) is 0 Å². The Kier molecular flexibility index (Phi) is 5.40. The number of hydrogen-bond acceptors (Lipinski definition) is 2. The summed E-state index contributed by atoms with van der Waals surface area (Å²) in [5, 5.41) is 8.11. The molecule has 0 aliphatic carbocycles. The van der Waals surface area contributed by atoms with Gasteiger partial charge < -0.3 is 5.32 Å². The zero-order chi connectivity index (χ0) is 20.2. The Bertz CT molecular complexity index is 1120. The van der Waals surface area contributed by atoms with Gasteiger partial charge in [-0.2, -0.15) is 5.10 Å². The van der Waals surface area contributed by atoms with E-state index in [0.29, 0.717) is 16.4 Å². The first kappa shape index (κ1) is 18.9. The van der Waals surface area contributed by atoms with Gasteiger partial charge in [-0.25, -0.2) is 9.07 Å². The van der Waals surface area contributed by atoms with Crippen molar-refractivity contribution in [2.45, 2.75) is 6.54 Å². The second kappa shape index (κ2) is 8.29. The minimum Gasteiger partial charge on any atom is -0.347 e. The number of hydrogen-bond donors (Lipinski definition) is 1. The quantitative estimate of drug-likeness (QED) is 0.492. The van der Waals surface area contributed by atoms with Crippen LogP contribution in [-0.4, -0.2) is 15.7 Å². The largest absolute Gasteiger partial charge is 0.347 e. The zero-order valence-electron chi connectivity index (χ0n) is 15.3. The van der Waals surface area contributed by atoms with Crippen LogP contribution < -0.4 is 5.32 Å². The van der Waals surface area contributed by atoms with Gasteiger partial charge in [0, 0.05) is 17.1 Å². The number of carbonyl (C=O) groups is 1. The maximum Gasteiger partial charge on any atom is 0.270 e. The highest BCUT2D eigenvalue weighted by molar-refractivity contribution is 6.30. The molecule has 0 spiro atoms. The first-order valence-corrected chi connectivity index (χ1v) is 9.42. The minimum absolute atomic E-state index is 0.279. The van der Waals surface area contributed by atoms with Crippen molar-refractivity contribution >= 4 is 17.5 Å². The molecule has 6 heteroatoms. The molecule has 1 amide bonds. The van der Waals surface area contributed by atoms with Gasteiger partial charge in [0.15, 0.2) is 0 Å². The number of nitrogens with zero attached hydrogens (tertiary/aromatic N) is 2. The molecule has 0 radical (unpaired) electrons. The minimum atomic E-state index is -0.312. The molecule has 0 unspecified atom stereocenters. The number of halogens is 2. The molecule has 144 valence electrons. The van der Waals surface area contributed by atoms with Crippen molar-refractivity contribution in [1.82, 2.24) is 15.1 Å². The van der Waals surface area contributed by atoms with Crippen LogP contribution in [0.4, 0.5) is 4.39 Å². The monoisotopic (exact) mass is 405 g/mol. The van der Waals surface area contributed by atoms with Crippen LogP contribution in [0.5, 0.6) is 0 Å². The molecule has 0 fully saturated rings. The van der Waals surface area contributed by atoms with E-state index in [4.69, 9.17) is 11.6 Å². The lowest BCUT2D eigenvalue weighted by molar-refractivity contribution is 0.0943. The summed E-state index contributed by atoms with van der Waals surface area (Å²) in [6.45, 7) is 0.283. The van der Waals surface area contributed by atoms with Gasteiger partial charge in [-0.15, -0.1) is 0 Å². The number of carbonyl (C=O) groups excluding carboxylic acids is 1. The SMILES string of the molecule is O=C(NCc1ccc(F)cc1)c1cc(-c2ccccc2)nn1-c1ccc(Cl)cc1. The molecule has 0 aliphatic rings. The van der Waals surface area contributed by atoms with Crippen molar-refractivity contribution in [1.29, 1.82) is 0 Å². The van der Waals surface area contributed by atoms with Crippen LogP contribution in [0.15, 0.2) is 84.9 Å². The van der Waals surface area contributed by atoms with Crippen molar-refractivity contribution in [3.05, 3.63) is 107 Å². The molecule has 1 aromatic heterocycles. The molecule has 4 nitrogen and oxygen atoms in total. The van der Waals surface area contributed by atoms with Crippen LogP contribution >= 0.6 is 11.6 Å². The Labute approximate surface area is 172 Å². The molecule has 0 atom stereocenters. The van der Waals surface area contributed by atoms with E-state index < -0.39 is 0 Å². The molecule has 0 bridgehead atoms. The summed E-state index contributed by atoms with van der Waals surface area (Å²) in [6.07, 6.45) is 0. The van der Waals surface area contributed by atoms with E-state index in [0.717, 1.165) is 16.8 Å². The zero-order valence-corrected chi connectivity index (χ0v) is 16.1. The van der Waals surface area contributed by atoms with Gasteiger partial charge in [-0.3, -0.25) is 4.79 Å². The van der Waals surface area contributed by atoms with E-state index in [1.807, 2.05) is 30.3 Å². The molecule has 3 aromatic carbocycles. The third-order valence-electron chi connectivity index (χ3n) is 4.45. The van der Waals surface area contributed by atoms with Gasteiger partial charge in [0.2, 0.25) is 0 Å². The summed E-state index contributed by atoms with van der Waals surface area (Å²) < 4.78 is 14.7. The number of rotatable bonds is 5. The third kappa shape index (κ3) is 4.36. The summed E-state index contributed by atoms with van der Waals surface area (Å²) in [6, 6.07) is 24.5. The van der Waals surface area contributed by atoms with E-state index in [1.165, 1.54) is 12.1 Å². The Morgan fingerprint density at radius 2 is 1.66 bits per heavy atom. The van der Waals surface area contributed by atoms with Gasteiger partial charge in [0.25, 0.3) is 5.91 Å². The van der Waals surface area contributed by atoms with Crippen LogP contribution in [0.3, 0.4) is 0 Å². The fraction of sp³-hybridized carbons (Fsp3) is 0.0435. The van der Waals surface area contributed by atoms with Gasteiger partial charge in [0.1, 0.15) is 11.5 Å². The van der Waals surface area contributed by atoms with Crippen molar-refractivity contribution in [2.24, 2.45) is 0 Å². The lowest BCUT2D eigenvalue weighted by Gasteiger charge is -2.09. The van der Waals surface area contributed by atoms with E-state index >= 15 is 0 Å². The Balaban J connectivity index is 1.66. The predicted molar refractivity (Wildman–Crippen MR) is 112 cm³/mol. The lowest BCUT2D eigenvalue weighted by Crippen LogP contribution is -2.25. The highest BCUT2D eigenvalue weighted by Gasteiger charge is 2.17. The van der Waals surface area contributed by atoms with Crippen LogP contribution in [0.2, 0.25) is 5.02 Å². The van der Waals surface area contributed by atoms with E-state index in [2.05, 4.69) is 10.4 Å². The molecule has 4 rings (SSSR count). The molecule has 0 saturated carbocycles. The third-order valence-corrected chi connectivity index (χ3v) is 4.70. The average Bonchev–Trinajstić information content (AvgIpc) is 3.20. The average molecular weight is 406 g/mol. The lowest BCUT2D eigenvalue weighted by atomic mass is 10.1. The molecule has 29 heavy (non-hydrogen) atoms. The van der Waals surface area contributed by atoms with Gasteiger partial charge in [-0.05, 0) is 48.0 Å². The van der Waals surface area contributed by atoms with Crippen molar-refractivity contribution in [3.8, 4) is 16.9 Å². The summed E-state index contributed by atoms with van der Waals surface area (Å²) in [7, 11) is 0. The second-order valence-electron chi connectivity index (χ2n) is 6.48. The first-order chi connectivity index (χ1) is 14.1. The van der Waals surface area contributed by atoms with Gasteiger partial charge in [0.05, 0.1) is 11.4 Å². The fourth-order valence-corrected chi connectivity index (χ4v) is 3.07. The van der Waals surface area contributed by atoms with E-state index in [-0.39, 0.29) is 18.3 Å². The molecular formula is C23H17ClFN3O. The van der Waals surface area contributed by atoms with E-state index in [1.54, 1.807) is 47.1 Å². The van der Waals surface area contributed by atoms with Crippen LogP contribution in [0, 0.1) is 5.82 Å². The van der Waals surface area contributed by atoms with Crippen molar-refractivity contribution in [3.63, 3.8) is 0 Å².